The molecule has 4 nitrogen and oxygen atoms in total. The number of rotatable bonds is 3. The molecule has 0 amide bonds. The third kappa shape index (κ3) is 1.98. The normalized spacial score (nSPS) is 23.8. The first-order chi connectivity index (χ1) is 6.27. The highest BCUT2D eigenvalue weighted by atomic mass is 32.2. The second-order valence-corrected chi connectivity index (χ2v) is 6.77. The van der Waals surface area contributed by atoms with Crippen LogP contribution in [-0.4, -0.2) is 38.4 Å². The summed E-state index contributed by atoms with van der Waals surface area (Å²) in [5.74, 6) is -0.475. The summed E-state index contributed by atoms with van der Waals surface area (Å²) in [6.07, 6.45) is 1.73. The first kappa shape index (κ1) is 11.7. The number of Topliss-reactive ketones (excluding diaryl/α,β-unsaturated/α-hetero) is 1. The minimum atomic E-state index is -3.34. The van der Waals surface area contributed by atoms with Crippen LogP contribution in [0.15, 0.2) is 0 Å². The van der Waals surface area contributed by atoms with Crippen LogP contribution in [0.4, 0.5) is 0 Å². The molecular formula is C9H16O4S. The Hall–Kier alpha value is -0.420. The Morgan fingerprint density at radius 3 is 2.36 bits per heavy atom. The molecule has 1 unspecified atom stereocenters. The van der Waals surface area contributed by atoms with Crippen molar-refractivity contribution >= 4 is 15.6 Å². The van der Waals surface area contributed by atoms with Crippen molar-refractivity contribution < 1.29 is 17.9 Å². The lowest BCUT2D eigenvalue weighted by Gasteiger charge is -2.23. The predicted molar refractivity (Wildman–Crippen MR) is 52.9 cm³/mol. The molecule has 82 valence electrons. The van der Waals surface area contributed by atoms with Crippen molar-refractivity contribution in [2.45, 2.75) is 25.0 Å². The fourth-order valence-electron chi connectivity index (χ4n) is 1.42. The summed E-state index contributed by atoms with van der Waals surface area (Å²) < 4.78 is 26.6. The van der Waals surface area contributed by atoms with E-state index in [4.69, 9.17) is 4.74 Å². The van der Waals surface area contributed by atoms with Crippen LogP contribution in [-0.2, 0) is 19.4 Å². The fourth-order valence-corrected chi connectivity index (χ4v) is 1.95. The molecule has 1 aliphatic rings. The Morgan fingerprint density at radius 2 is 2.00 bits per heavy atom. The molecular weight excluding hydrogens is 204 g/mol. The van der Waals surface area contributed by atoms with Gasteiger partial charge in [-0.2, -0.15) is 0 Å². The van der Waals surface area contributed by atoms with Gasteiger partial charge in [-0.1, -0.05) is 0 Å². The maximum atomic E-state index is 11.9. The van der Waals surface area contributed by atoms with Crippen LogP contribution in [0.5, 0.6) is 0 Å². The minimum absolute atomic E-state index is 0.225. The molecule has 1 saturated heterocycles. The van der Waals surface area contributed by atoms with Crippen LogP contribution in [0.2, 0.25) is 0 Å². The van der Waals surface area contributed by atoms with Gasteiger partial charge in [0.2, 0.25) is 0 Å². The van der Waals surface area contributed by atoms with Gasteiger partial charge in [0.1, 0.15) is 4.75 Å². The highest BCUT2D eigenvalue weighted by Crippen LogP contribution is 2.25. The molecule has 1 heterocycles. The summed E-state index contributed by atoms with van der Waals surface area (Å²) in [7, 11) is -3.34. The van der Waals surface area contributed by atoms with Crippen LogP contribution < -0.4 is 0 Å². The van der Waals surface area contributed by atoms with E-state index in [0.717, 1.165) is 6.26 Å². The molecule has 0 radical (unpaired) electrons. The molecule has 0 aliphatic carbocycles. The van der Waals surface area contributed by atoms with E-state index in [9.17, 15) is 13.2 Å². The van der Waals surface area contributed by atoms with Gasteiger partial charge in [0.05, 0.1) is 6.61 Å². The van der Waals surface area contributed by atoms with Gasteiger partial charge in [-0.3, -0.25) is 4.79 Å². The van der Waals surface area contributed by atoms with Crippen molar-refractivity contribution in [2.75, 3.05) is 19.5 Å². The van der Waals surface area contributed by atoms with E-state index in [1.807, 2.05) is 0 Å². The summed E-state index contributed by atoms with van der Waals surface area (Å²) >= 11 is 0. The molecule has 0 aromatic carbocycles. The van der Waals surface area contributed by atoms with E-state index < -0.39 is 14.6 Å². The third-order valence-electron chi connectivity index (χ3n) is 2.82. The number of ketones is 1. The Bertz CT molecular complexity index is 323. The lowest BCUT2D eigenvalue weighted by molar-refractivity contribution is -0.124. The molecule has 5 heteroatoms. The van der Waals surface area contributed by atoms with Crippen LogP contribution in [0.25, 0.3) is 0 Å². The summed E-state index contributed by atoms with van der Waals surface area (Å²) in [5, 5.41) is 0. The smallest absolute Gasteiger partial charge is 0.159 e. The highest BCUT2D eigenvalue weighted by molar-refractivity contribution is 7.92. The van der Waals surface area contributed by atoms with Crippen molar-refractivity contribution in [3.63, 3.8) is 0 Å². The van der Waals surface area contributed by atoms with Crippen LogP contribution in [0.1, 0.15) is 20.3 Å². The lowest BCUT2D eigenvalue weighted by atomic mass is 9.94. The molecule has 0 bridgehead atoms. The molecule has 0 aromatic rings. The second-order valence-electron chi connectivity index (χ2n) is 4.21. The van der Waals surface area contributed by atoms with Crippen molar-refractivity contribution in [2.24, 2.45) is 5.92 Å². The topological polar surface area (TPSA) is 60.4 Å². The van der Waals surface area contributed by atoms with Gasteiger partial charge in [0.25, 0.3) is 0 Å². The number of hydrogen-bond donors (Lipinski definition) is 0. The zero-order valence-electron chi connectivity index (χ0n) is 8.74. The summed E-state index contributed by atoms with van der Waals surface area (Å²) in [5.41, 5.74) is 0. The van der Waals surface area contributed by atoms with Gasteiger partial charge < -0.3 is 4.74 Å². The standard InChI is InChI=1S/C9H16O4S/c1-9(2,14(3,11)12)8(10)7-4-5-13-6-7/h7H,4-6H2,1-3H3. The van der Waals surface area contributed by atoms with Crippen molar-refractivity contribution in [1.82, 2.24) is 0 Å². The first-order valence-corrected chi connectivity index (χ1v) is 6.47. The zero-order chi connectivity index (χ0) is 11.0. The van der Waals surface area contributed by atoms with E-state index in [2.05, 4.69) is 0 Å². The number of hydrogen-bond acceptors (Lipinski definition) is 4. The third-order valence-corrected chi connectivity index (χ3v) is 4.88. The van der Waals surface area contributed by atoms with Crippen LogP contribution >= 0.6 is 0 Å². The second kappa shape index (κ2) is 3.62. The monoisotopic (exact) mass is 220 g/mol. The first-order valence-electron chi connectivity index (χ1n) is 4.58. The average Bonchev–Trinajstić information content (AvgIpc) is 2.52. The number of carbonyl (C=O) groups excluding carboxylic acids is 1. The Labute approximate surface area is 84.6 Å². The van der Waals surface area contributed by atoms with E-state index >= 15 is 0 Å². The van der Waals surface area contributed by atoms with Gasteiger partial charge in [-0.15, -0.1) is 0 Å². The quantitative estimate of drug-likeness (QED) is 0.691. The maximum absolute atomic E-state index is 11.9. The van der Waals surface area contributed by atoms with E-state index in [0.29, 0.717) is 19.6 Å². The van der Waals surface area contributed by atoms with Gasteiger partial charge in [-0.05, 0) is 20.3 Å². The van der Waals surface area contributed by atoms with Crippen LogP contribution in [0.3, 0.4) is 0 Å². The van der Waals surface area contributed by atoms with Crippen molar-refractivity contribution in [3.05, 3.63) is 0 Å². The fraction of sp³-hybridized carbons (Fsp3) is 0.889. The summed E-state index contributed by atoms with van der Waals surface area (Å²) in [4.78, 5) is 11.9. The molecule has 0 aromatic heterocycles. The molecule has 1 atom stereocenters. The largest absolute Gasteiger partial charge is 0.381 e. The van der Waals surface area contributed by atoms with E-state index in [1.54, 1.807) is 0 Å². The summed E-state index contributed by atoms with van der Waals surface area (Å²) in [6.45, 7) is 3.83. The Morgan fingerprint density at radius 1 is 1.43 bits per heavy atom. The molecule has 1 fully saturated rings. The highest BCUT2D eigenvalue weighted by Gasteiger charge is 2.42. The number of carbonyl (C=O) groups is 1. The number of sulfone groups is 1. The van der Waals surface area contributed by atoms with E-state index in [-0.39, 0.29) is 11.7 Å². The zero-order valence-corrected chi connectivity index (χ0v) is 9.56. The van der Waals surface area contributed by atoms with Gasteiger partial charge in [0, 0.05) is 18.8 Å². The molecule has 0 saturated carbocycles. The average molecular weight is 220 g/mol. The predicted octanol–water partition coefficient (Wildman–Crippen LogP) is 0.415. The maximum Gasteiger partial charge on any atom is 0.159 e. The van der Waals surface area contributed by atoms with Crippen molar-refractivity contribution in [1.29, 1.82) is 0 Å². The molecule has 1 aliphatic heterocycles. The number of ether oxygens (including phenoxy) is 1. The van der Waals surface area contributed by atoms with Gasteiger partial charge >= 0.3 is 0 Å². The molecule has 14 heavy (non-hydrogen) atoms. The lowest BCUT2D eigenvalue weighted by Crippen LogP contribution is -2.43. The SMILES string of the molecule is CC(C)(C(=O)C1CCOC1)S(C)(=O)=O. The molecule has 0 spiro atoms. The van der Waals surface area contributed by atoms with Gasteiger partial charge in [-0.25, -0.2) is 8.42 Å². The van der Waals surface area contributed by atoms with E-state index in [1.165, 1.54) is 13.8 Å². The molecule has 1 rings (SSSR count). The Kier molecular flexibility index (Phi) is 3.02. The minimum Gasteiger partial charge on any atom is -0.381 e. The summed E-state index contributed by atoms with van der Waals surface area (Å²) in [6, 6.07) is 0. The van der Waals surface area contributed by atoms with Crippen molar-refractivity contribution in [3.8, 4) is 0 Å². The molecule has 0 N–H and O–H groups in total. The Balaban J connectivity index is 2.87. The van der Waals surface area contributed by atoms with Gasteiger partial charge in [0.15, 0.2) is 15.6 Å². The van der Waals surface area contributed by atoms with Crippen LogP contribution in [0, 0.1) is 5.92 Å².